The highest BCUT2D eigenvalue weighted by Crippen LogP contribution is 2.24. The molecule has 5 heteroatoms. The van der Waals surface area contributed by atoms with Gasteiger partial charge in [-0.3, -0.25) is 0 Å². The van der Waals surface area contributed by atoms with E-state index in [2.05, 4.69) is 0 Å². The summed E-state index contributed by atoms with van der Waals surface area (Å²) in [6.07, 6.45) is 0. The fourth-order valence-corrected chi connectivity index (χ4v) is 2.91. The smallest absolute Gasteiger partial charge is 0.339 e. The van der Waals surface area contributed by atoms with Crippen molar-refractivity contribution in [2.45, 2.75) is 18.7 Å². The first-order valence-corrected chi connectivity index (χ1v) is 7.07. The van der Waals surface area contributed by atoms with Crippen LogP contribution in [0.4, 0.5) is 4.39 Å². The molecule has 0 radical (unpaired) electrons. The molecular formula is C14H13FO3S. The van der Waals surface area contributed by atoms with Gasteiger partial charge in [0, 0.05) is 0 Å². The Kier molecular flexibility index (Phi) is 3.57. The van der Waals surface area contributed by atoms with Gasteiger partial charge < -0.3 is 4.18 Å². The summed E-state index contributed by atoms with van der Waals surface area (Å²) in [4.78, 5) is 0.0516. The van der Waals surface area contributed by atoms with Crippen molar-refractivity contribution in [2.75, 3.05) is 0 Å². The summed E-state index contributed by atoms with van der Waals surface area (Å²) >= 11 is 0. The van der Waals surface area contributed by atoms with Crippen LogP contribution >= 0.6 is 0 Å². The van der Waals surface area contributed by atoms with E-state index in [1.807, 2.05) is 0 Å². The molecule has 19 heavy (non-hydrogen) atoms. The Labute approximate surface area is 111 Å². The van der Waals surface area contributed by atoms with Crippen LogP contribution in [-0.2, 0) is 10.1 Å². The van der Waals surface area contributed by atoms with E-state index in [0.717, 1.165) is 11.6 Å². The van der Waals surface area contributed by atoms with Crippen LogP contribution in [0.15, 0.2) is 47.4 Å². The summed E-state index contributed by atoms with van der Waals surface area (Å²) in [6, 6.07) is 10.4. The zero-order valence-electron chi connectivity index (χ0n) is 10.6. The molecule has 0 N–H and O–H groups in total. The summed E-state index contributed by atoms with van der Waals surface area (Å²) < 4.78 is 42.6. The molecule has 0 fully saturated rings. The van der Waals surface area contributed by atoms with Crippen molar-refractivity contribution in [1.29, 1.82) is 0 Å². The molecule has 100 valence electrons. The molecule has 0 aliphatic carbocycles. The molecule has 0 spiro atoms. The minimum absolute atomic E-state index is 0.0516. The number of para-hydroxylation sites is 1. The summed E-state index contributed by atoms with van der Waals surface area (Å²) in [5, 5.41) is 0. The molecule has 0 amide bonds. The molecule has 0 unspecified atom stereocenters. The standard InChI is InChI=1S/C14H13FO3S/c1-10-7-8-11(2)14(9-10)19(16,17)18-13-6-4-3-5-12(13)15/h3-9H,1-2H3. The lowest BCUT2D eigenvalue weighted by Crippen LogP contribution is -2.12. The van der Waals surface area contributed by atoms with Crippen LogP contribution in [0.3, 0.4) is 0 Å². The van der Waals surface area contributed by atoms with Crippen LogP contribution in [0.2, 0.25) is 0 Å². The predicted octanol–water partition coefficient (Wildman–Crippen LogP) is 3.21. The number of hydrogen-bond acceptors (Lipinski definition) is 3. The molecule has 3 nitrogen and oxygen atoms in total. The molecule has 0 atom stereocenters. The fourth-order valence-electron chi connectivity index (χ4n) is 1.65. The summed E-state index contributed by atoms with van der Waals surface area (Å²) in [5.41, 5.74) is 1.35. The van der Waals surface area contributed by atoms with E-state index >= 15 is 0 Å². The Hall–Kier alpha value is -1.88. The van der Waals surface area contributed by atoms with Crippen molar-refractivity contribution in [2.24, 2.45) is 0 Å². The molecule has 2 aromatic carbocycles. The number of rotatable bonds is 3. The topological polar surface area (TPSA) is 43.4 Å². The van der Waals surface area contributed by atoms with Gasteiger partial charge in [0.15, 0.2) is 11.6 Å². The first-order valence-electron chi connectivity index (χ1n) is 5.66. The second kappa shape index (κ2) is 5.01. The lowest BCUT2D eigenvalue weighted by Gasteiger charge is -2.10. The lowest BCUT2D eigenvalue weighted by atomic mass is 10.2. The molecule has 2 aromatic rings. The van der Waals surface area contributed by atoms with E-state index in [4.69, 9.17) is 4.18 Å². The van der Waals surface area contributed by atoms with E-state index in [0.29, 0.717) is 5.56 Å². The minimum Gasteiger partial charge on any atom is -0.376 e. The molecule has 2 rings (SSSR count). The molecule has 0 aliphatic rings. The summed E-state index contributed by atoms with van der Waals surface area (Å²) in [5.74, 6) is -1.01. The minimum atomic E-state index is -4.03. The van der Waals surface area contributed by atoms with Crippen molar-refractivity contribution < 1.29 is 17.0 Å². The third kappa shape index (κ3) is 2.93. The fraction of sp³-hybridized carbons (Fsp3) is 0.143. The SMILES string of the molecule is Cc1ccc(C)c(S(=O)(=O)Oc2ccccc2F)c1. The lowest BCUT2D eigenvalue weighted by molar-refractivity contribution is 0.461. The van der Waals surface area contributed by atoms with Gasteiger partial charge in [0.25, 0.3) is 0 Å². The van der Waals surface area contributed by atoms with Gasteiger partial charge in [-0.2, -0.15) is 8.42 Å². The van der Waals surface area contributed by atoms with Gasteiger partial charge in [-0.25, -0.2) is 4.39 Å². The first-order chi connectivity index (χ1) is 8.90. The number of hydrogen-bond donors (Lipinski definition) is 0. The number of aryl methyl sites for hydroxylation is 2. The maximum absolute atomic E-state index is 13.4. The van der Waals surface area contributed by atoms with Crippen LogP contribution in [0.1, 0.15) is 11.1 Å². The zero-order valence-corrected chi connectivity index (χ0v) is 11.4. The third-order valence-corrected chi connectivity index (χ3v) is 4.03. The van der Waals surface area contributed by atoms with Crippen molar-refractivity contribution in [3.8, 4) is 5.75 Å². The first kappa shape index (κ1) is 13.5. The van der Waals surface area contributed by atoms with Crippen LogP contribution in [0, 0.1) is 19.7 Å². The average Bonchev–Trinajstić information content (AvgIpc) is 2.35. The van der Waals surface area contributed by atoms with Crippen molar-refractivity contribution >= 4 is 10.1 Å². The third-order valence-electron chi connectivity index (χ3n) is 2.65. The monoisotopic (exact) mass is 280 g/mol. The van der Waals surface area contributed by atoms with Gasteiger partial charge in [0.2, 0.25) is 0 Å². The van der Waals surface area contributed by atoms with E-state index < -0.39 is 15.9 Å². The van der Waals surface area contributed by atoms with Crippen LogP contribution < -0.4 is 4.18 Å². The second-order valence-corrected chi connectivity index (χ2v) is 5.75. The highest BCUT2D eigenvalue weighted by Gasteiger charge is 2.20. The molecule has 0 bridgehead atoms. The Morgan fingerprint density at radius 3 is 2.42 bits per heavy atom. The van der Waals surface area contributed by atoms with Crippen LogP contribution in [-0.4, -0.2) is 8.42 Å². The quantitative estimate of drug-likeness (QED) is 0.811. The molecular weight excluding hydrogens is 267 g/mol. The Bertz CT molecular complexity index is 708. The maximum atomic E-state index is 13.4. The number of halogens is 1. The molecule has 0 saturated heterocycles. The van der Waals surface area contributed by atoms with Gasteiger partial charge in [0.1, 0.15) is 4.90 Å². The molecule has 0 saturated carbocycles. The van der Waals surface area contributed by atoms with E-state index in [9.17, 15) is 12.8 Å². The zero-order chi connectivity index (χ0) is 14.0. The molecule has 0 aromatic heterocycles. The van der Waals surface area contributed by atoms with Gasteiger partial charge in [0.05, 0.1) is 0 Å². The predicted molar refractivity (Wildman–Crippen MR) is 70.1 cm³/mol. The highest BCUT2D eigenvalue weighted by molar-refractivity contribution is 7.87. The van der Waals surface area contributed by atoms with E-state index in [-0.39, 0.29) is 10.6 Å². The van der Waals surface area contributed by atoms with Gasteiger partial charge in [-0.15, -0.1) is 0 Å². The second-order valence-electron chi connectivity index (χ2n) is 4.24. The van der Waals surface area contributed by atoms with E-state index in [1.165, 1.54) is 24.3 Å². The van der Waals surface area contributed by atoms with Crippen molar-refractivity contribution in [1.82, 2.24) is 0 Å². The normalized spacial score (nSPS) is 11.3. The molecule has 0 heterocycles. The largest absolute Gasteiger partial charge is 0.376 e. The van der Waals surface area contributed by atoms with Crippen LogP contribution in [0.5, 0.6) is 5.75 Å². The van der Waals surface area contributed by atoms with Crippen molar-refractivity contribution in [3.05, 3.63) is 59.4 Å². The Balaban J connectivity index is 2.44. The number of benzene rings is 2. The maximum Gasteiger partial charge on any atom is 0.339 e. The highest BCUT2D eigenvalue weighted by atomic mass is 32.2. The van der Waals surface area contributed by atoms with Gasteiger partial charge in [-0.05, 0) is 43.2 Å². The summed E-state index contributed by atoms with van der Waals surface area (Å²) in [7, 11) is -4.03. The average molecular weight is 280 g/mol. The van der Waals surface area contributed by atoms with E-state index in [1.54, 1.807) is 26.0 Å². The Morgan fingerprint density at radius 2 is 1.74 bits per heavy atom. The van der Waals surface area contributed by atoms with Gasteiger partial charge >= 0.3 is 10.1 Å². The Morgan fingerprint density at radius 1 is 1.05 bits per heavy atom. The van der Waals surface area contributed by atoms with Gasteiger partial charge in [-0.1, -0.05) is 24.3 Å². The summed E-state index contributed by atoms with van der Waals surface area (Å²) in [6.45, 7) is 3.44. The van der Waals surface area contributed by atoms with Crippen LogP contribution in [0.25, 0.3) is 0 Å². The molecule has 0 aliphatic heterocycles. The van der Waals surface area contributed by atoms with Crippen molar-refractivity contribution in [3.63, 3.8) is 0 Å².